The number of hydrogen-bond donors (Lipinski definition) is 0. The van der Waals surface area contributed by atoms with Crippen molar-refractivity contribution in [2.75, 3.05) is 0 Å². The smallest absolute Gasteiger partial charge is 0.0172 e. The molecule has 1 aromatic rings. The molecule has 0 heteroatoms. The van der Waals surface area contributed by atoms with E-state index in [-0.39, 0.29) is 5.41 Å². The molecular weight excluding hydrogens is 216 g/mol. The van der Waals surface area contributed by atoms with Crippen molar-refractivity contribution in [1.82, 2.24) is 0 Å². The van der Waals surface area contributed by atoms with Gasteiger partial charge in [-0.2, -0.15) is 0 Å². The lowest BCUT2D eigenvalue weighted by molar-refractivity contribution is 0.480. The van der Waals surface area contributed by atoms with Crippen LogP contribution in [0.1, 0.15) is 50.7 Å². The van der Waals surface area contributed by atoms with Gasteiger partial charge < -0.3 is 0 Å². The maximum atomic E-state index is 2.42. The molecule has 96 valence electrons. The molecule has 0 radical (unpaired) electrons. The molecule has 0 saturated carbocycles. The molecule has 1 atom stereocenters. The first kappa shape index (κ1) is 13.1. The molecule has 1 aromatic carbocycles. The maximum Gasteiger partial charge on any atom is 0.0172 e. The van der Waals surface area contributed by atoms with E-state index in [0.29, 0.717) is 0 Å². The average Bonchev–Trinajstić information content (AvgIpc) is 2.41. The van der Waals surface area contributed by atoms with Crippen LogP contribution >= 0.6 is 0 Å². The highest BCUT2D eigenvalue weighted by Crippen LogP contribution is 2.39. The molecule has 0 nitrogen and oxygen atoms in total. The van der Waals surface area contributed by atoms with Gasteiger partial charge in [-0.1, -0.05) is 75.3 Å². The third kappa shape index (κ3) is 2.58. The first-order valence-corrected chi connectivity index (χ1v) is 7.25. The van der Waals surface area contributed by atoms with Crippen molar-refractivity contribution >= 4 is 0 Å². The van der Waals surface area contributed by atoms with Crippen LogP contribution in [-0.2, 0) is 11.8 Å². The Hall–Kier alpha value is -1.30. The van der Waals surface area contributed by atoms with E-state index in [1.807, 2.05) is 0 Å². The summed E-state index contributed by atoms with van der Waals surface area (Å²) in [7, 11) is 0. The first-order valence-electron chi connectivity index (χ1n) is 7.25. The van der Waals surface area contributed by atoms with Gasteiger partial charge in [-0.05, 0) is 30.4 Å². The summed E-state index contributed by atoms with van der Waals surface area (Å²) in [5, 5.41) is 0. The number of aryl methyl sites for hydroxylation is 1. The van der Waals surface area contributed by atoms with Crippen LogP contribution in [0.4, 0.5) is 0 Å². The SMILES string of the molecule is CCCc1ccccc1C1(CCC)C=CC=CC1. The van der Waals surface area contributed by atoms with Crippen molar-refractivity contribution in [2.24, 2.45) is 0 Å². The van der Waals surface area contributed by atoms with Crippen molar-refractivity contribution < 1.29 is 0 Å². The Bertz CT molecular complexity index is 439. The van der Waals surface area contributed by atoms with Gasteiger partial charge in [0, 0.05) is 5.41 Å². The summed E-state index contributed by atoms with van der Waals surface area (Å²) in [5.41, 5.74) is 3.33. The van der Waals surface area contributed by atoms with Gasteiger partial charge >= 0.3 is 0 Å². The lowest BCUT2D eigenvalue weighted by atomic mass is 9.70. The minimum atomic E-state index is 0.245. The van der Waals surface area contributed by atoms with Crippen molar-refractivity contribution in [3.8, 4) is 0 Å². The third-order valence-electron chi connectivity index (χ3n) is 3.91. The second-order valence-corrected chi connectivity index (χ2v) is 5.30. The summed E-state index contributed by atoms with van der Waals surface area (Å²) < 4.78 is 0. The fourth-order valence-corrected chi connectivity index (χ4v) is 3.12. The minimum Gasteiger partial charge on any atom is -0.0833 e. The highest BCUT2D eigenvalue weighted by molar-refractivity contribution is 5.41. The molecule has 0 aliphatic heterocycles. The summed E-state index contributed by atoms with van der Waals surface area (Å²) in [6.07, 6.45) is 15.2. The molecule has 18 heavy (non-hydrogen) atoms. The van der Waals surface area contributed by atoms with Gasteiger partial charge in [0.1, 0.15) is 0 Å². The molecule has 1 aliphatic rings. The number of hydrogen-bond acceptors (Lipinski definition) is 0. The van der Waals surface area contributed by atoms with Gasteiger partial charge in [0.25, 0.3) is 0 Å². The Balaban J connectivity index is 2.42. The summed E-state index contributed by atoms with van der Waals surface area (Å²) in [6.45, 7) is 4.55. The van der Waals surface area contributed by atoms with Crippen molar-refractivity contribution in [3.63, 3.8) is 0 Å². The summed E-state index contributed by atoms with van der Waals surface area (Å²) >= 11 is 0. The molecule has 0 fully saturated rings. The molecule has 1 unspecified atom stereocenters. The standard InChI is InChI=1S/C18H24/c1-3-10-16-11-6-7-12-17(16)18(13-4-2)14-8-5-9-15-18/h5-9,11-12,14H,3-4,10,13,15H2,1-2H3. The summed E-state index contributed by atoms with van der Waals surface area (Å²) in [6, 6.07) is 9.02. The van der Waals surface area contributed by atoms with Crippen LogP contribution in [0.2, 0.25) is 0 Å². The first-order chi connectivity index (χ1) is 8.82. The molecule has 0 saturated heterocycles. The average molecular weight is 240 g/mol. The number of rotatable bonds is 5. The van der Waals surface area contributed by atoms with Crippen molar-refractivity contribution in [1.29, 1.82) is 0 Å². The molecule has 1 aliphatic carbocycles. The molecule has 0 heterocycles. The zero-order valence-electron chi connectivity index (χ0n) is 11.7. The normalized spacial score (nSPS) is 22.3. The zero-order chi connectivity index (χ0) is 12.8. The second kappa shape index (κ2) is 6.04. The van der Waals surface area contributed by atoms with E-state index >= 15 is 0 Å². The van der Waals surface area contributed by atoms with E-state index in [2.05, 4.69) is 62.4 Å². The van der Waals surface area contributed by atoms with Crippen LogP contribution in [-0.4, -0.2) is 0 Å². The largest absolute Gasteiger partial charge is 0.0833 e. The Morgan fingerprint density at radius 2 is 1.89 bits per heavy atom. The molecule has 2 rings (SSSR count). The molecular formula is C18H24. The van der Waals surface area contributed by atoms with Crippen LogP contribution in [0.3, 0.4) is 0 Å². The number of benzene rings is 1. The van der Waals surface area contributed by atoms with Gasteiger partial charge in [-0.3, -0.25) is 0 Å². The van der Waals surface area contributed by atoms with Crippen LogP contribution in [0.5, 0.6) is 0 Å². The highest BCUT2D eigenvalue weighted by Gasteiger charge is 2.29. The third-order valence-corrected chi connectivity index (χ3v) is 3.91. The Labute approximate surface area is 111 Å². The van der Waals surface area contributed by atoms with Crippen molar-refractivity contribution in [2.45, 2.75) is 51.4 Å². The quantitative estimate of drug-likeness (QED) is 0.664. The van der Waals surface area contributed by atoms with Gasteiger partial charge in [0.15, 0.2) is 0 Å². The topological polar surface area (TPSA) is 0 Å². The predicted octanol–water partition coefficient (Wildman–Crippen LogP) is 5.19. The molecule has 0 N–H and O–H groups in total. The van der Waals surface area contributed by atoms with E-state index in [0.717, 1.165) is 6.42 Å². The van der Waals surface area contributed by atoms with E-state index < -0.39 is 0 Å². The zero-order valence-corrected chi connectivity index (χ0v) is 11.7. The van der Waals surface area contributed by atoms with E-state index in [1.165, 1.54) is 31.2 Å². The van der Waals surface area contributed by atoms with Crippen LogP contribution in [0.25, 0.3) is 0 Å². The summed E-state index contributed by atoms with van der Waals surface area (Å²) in [4.78, 5) is 0. The monoisotopic (exact) mass is 240 g/mol. The van der Waals surface area contributed by atoms with E-state index in [1.54, 1.807) is 5.56 Å². The van der Waals surface area contributed by atoms with Gasteiger partial charge in [-0.25, -0.2) is 0 Å². The highest BCUT2D eigenvalue weighted by atomic mass is 14.3. The Morgan fingerprint density at radius 1 is 1.06 bits per heavy atom. The molecule has 0 bridgehead atoms. The van der Waals surface area contributed by atoms with Crippen LogP contribution < -0.4 is 0 Å². The lowest BCUT2D eigenvalue weighted by Crippen LogP contribution is -2.25. The minimum absolute atomic E-state index is 0.245. The molecule has 0 aromatic heterocycles. The predicted molar refractivity (Wildman–Crippen MR) is 79.9 cm³/mol. The van der Waals surface area contributed by atoms with Gasteiger partial charge in [0.05, 0.1) is 0 Å². The maximum absolute atomic E-state index is 2.42. The fourth-order valence-electron chi connectivity index (χ4n) is 3.12. The van der Waals surface area contributed by atoms with E-state index in [9.17, 15) is 0 Å². The summed E-state index contributed by atoms with van der Waals surface area (Å²) in [5.74, 6) is 0. The molecule has 0 amide bonds. The van der Waals surface area contributed by atoms with E-state index in [4.69, 9.17) is 0 Å². The van der Waals surface area contributed by atoms with Gasteiger partial charge in [0.2, 0.25) is 0 Å². The Kier molecular flexibility index (Phi) is 4.41. The van der Waals surface area contributed by atoms with Crippen LogP contribution in [0, 0.1) is 0 Å². The molecule has 0 spiro atoms. The van der Waals surface area contributed by atoms with Gasteiger partial charge in [-0.15, -0.1) is 0 Å². The Morgan fingerprint density at radius 3 is 2.56 bits per heavy atom. The fraction of sp³-hybridized carbons (Fsp3) is 0.444. The van der Waals surface area contributed by atoms with Crippen molar-refractivity contribution in [3.05, 3.63) is 59.7 Å². The van der Waals surface area contributed by atoms with Crippen LogP contribution in [0.15, 0.2) is 48.6 Å². The lowest BCUT2D eigenvalue weighted by Gasteiger charge is -2.33. The number of allylic oxidation sites excluding steroid dienone is 4. The second-order valence-electron chi connectivity index (χ2n) is 5.30.